The first-order valence-corrected chi connectivity index (χ1v) is 9.02. The average molecular weight is 360 g/mol. The molecule has 1 aromatic heterocycles. The van der Waals surface area contributed by atoms with E-state index in [4.69, 9.17) is 0 Å². The molecule has 0 spiro atoms. The smallest absolute Gasteiger partial charge is 0.274 e. The summed E-state index contributed by atoms with van der Waals surface area (Å²) in [6.07, 6.45) is 1.59. The van der Waals surface area contributed by atoms with Gasteiger partial charge in [-0.25, -0.2) is 9.97 Å². The number of nitrogens with one attached hydrogen (secondary N) is 2. The van der Waals surface area contributed by atoms with E-state index in [1.165, 1.54) is 0 Å². The van der Waals surface area contributed by atoms with E-state index in [-0.39, 0.29) is 5.91 Å². The molecule has 0 aliphatic carbocycles. The molecule has 3 rings (SSSR count). The summed E-state index contributed by atoms with van der Waals surface area (Å²) in [6, 6.07) is 15.5. The van der Waals surface area contributed by atoms with E-state index in [1.807, 2.05) is 56.3 Å². The van der Waals surface area contributed by atoms with Crippen LogP contribution in [-0.4, -0.2) is 15.9 Å². The Bertz CT molecular complexity index is 966. The average Bonchev–Trinajstić information content (AvgIpc) is 2.65. The second-order valence-corrected chi connectivity index (χ2v) is 6.85. The van der Waals surface area contributed by atoms with Crippen LogP contribution in [0.25, 0.3) is 0 Å². The van der Waals surface area contributed by atoms with Gasteiger partial charge in [0, 0.05) is 17.6 Å². The van der Waals surface area contributed by atoms with Crippen LogP contribution in [0.2, 0.25) is 0 Å². The first kappa shape index (κ1) is 18.6. The Morgan fingerprint density at radius 2 is 1.70 bits per heavy atom. The number of hydrogen-bond donors (Lipinski definition) is 2. The van der Waals surface area contributed by atoms with Crippen LogP contribution in [0.4, 0.5) is 17.3 Å². The Balaban J connectivity index is 1.84. The number of rotatable bonds is 5. The fourth-order valence-electron chi connectivity index (χ4n) is 2.90. The largest absolute Gasteiger partial charge is 0.324 e. The van der Waals surface area contributed by atoms with Gasteiger partial charge in [-0.2, -0.15) is 0 Å². The van der Waals surface area contributed by atoms with E-state index in [9.17, 15) is 4.79 Å². The van der Waals surface area contributed by atoms with Crippen molar-refractivity contribution < 1.29 is 4.79 Å². The standard InChI is InChI=1S/C22H24N4O/c1-14(2)17-10-7-9-16(4)20(17)26-21(27)19-12-13-23-22(25-19)24-18-11-6-5-8-15(18)3/h5-14H,1-4H3,(H,26,27)(H,23,24,25). The molecule has 0 bridgehead atoms. The Kier molecular flexibility index (Phi) is 5.50. The van der Waals surface area contributed by atoms with Gasteiger partial charge in [0.25, 0.3) is 5.91 Å². The summed E-state index contributed by atoms with van der Waals surface area (Å²) >= 11 is 0. The maximum Gasteiger partial charge on any atom is 0.274 e. The highest BCUT2D eigenvalue weighted by Crippen LogP contribution is 2.27. The number of carbonyl (C=O) groups excluding carboxylic acids is 1. The number of benzene rings is 2. The van der Waals surface area contributed by atoms with Crippen molar-refractivity contribution in [3.63, 3.8) is 0 Å². The molecule has 0 aliphatic heterocycles. The number of hydrogen-bond acceptors (Lipinski definition) is 4. The summed E-state index contributed by atoms with van der Waals surface area (Å²) in [5, 5.41) is 6.19. The third kappa shape index (κ3) is 4.31. The van der Waals surface area contributed by atoms with Crippen LogP contribution in [0.1, 0.15) is 46.9 Å². The van der Waals surface area contributed by atoms with Crippen molar-refractivity contribution in [2.45, 2.75) is 33.6 Å². The lowest BCUT2D eigenvalue weighted by Crippen LogP contribution is -2.17. The molecule has 1 heterocycles. The van der Waals surface area contributed by atoms with E-state index < -0.39 is 0 Å². The van der Waals surface area contributed by atoms with E-state index in [0.717, 1.165) is 28.1 Å². The Morgan fingerprint density at radius 1 is 0.963 bits per heavy atom. The maximum atomic E-state index is 12.8. The van der Waals surface area contributed by atoms with Crippen molar-refractivity contribution in [2.24, 2.45) is 0 Å². The maximum absolute atomic E-state index is 12.8. The molecule has 2 aromatic carbocycles. The fourth-order valence-corrected chi connectivity index (χ4v) is 2.90. The molecule has 0 atom stereocenters. The van der Waals surface area contributed by atoms with E-state index in [2.05, 4.69) is 34.4 Å². The van der Waals surface area contributed by atoms with Crippen molar-refractivity contribution in [1.29, 1.82) is 0 Å². The number of amides is 1. The van der Waals surface area contributed by atoms with Gasteiger partial charge in [-0.05, 0) is 48.6 Å². The summed E-state index contributed by atoms with van der Waals surface area (Å²) < 4.78 is 0. The predicted octanol–water partition coefficient (Wildman–Crippen LogP) is 5.21. The van der Waals surface area contributed by atoms with Crippen LogP contribution < -0.4 is 10.6 Å². The SMILES string of the molecule is Cc1ccccc1Nc1nccc(C(=O)Nc2c(C)cccc2C(C)C)n1. The molecule has 1 amide bonds. The molecule has 2 N–H and O–H groups in total. The van der Waals surface area contributed by atoms with Gasteiger partial charge >= 0.3 is 0 Å². The van der Waals surface area contributed by atoms with Crippen LogP contribution in [-0.2, 0) is 0 Å². The van der Waals surface area contributed by atoms with Crippen LogP contribution in [0.3, 0.4) is 0 Å². The molecule has 5 nitrogen and oxygen atoms in total. The van der Waals surface area contributed by atoms with Crippen LogP contribution >= 0.6 is 0 Å². The molecule has 27 heavy (non-hydrogen) atoms. The second kappa shape index (κ2) is 7.99. The molecule has 0 radical (unpaired) electrons. The van der Waals surface area contributed by atoms with Crippen LogP contribution in [0.15, 0.2) is 54.7 Å². The normalized spacial score (nSPS) is 10.7. The van der Waals surface area contributed by atoms with Crippen molar-refractivity contribution in [2.75, 3.05) is 10.6 Å². The monoisotopic (exact) mass is 360 g/mol. The number of nitrogens with zero attached hydrogens (tertiary/aromatic N) is 2. The van der Waals surface area contributed by atoms with Crippen molar-refractivity contribution in [1.82, 2.24) is 9.97 Å². The highest BCUT2D eigenvalue weighted by molar-refractivity contribution is 6.04. The summed E-state index contributed by atoms with van der Waals surface area (Å²) in [7, 11) is 0. The van der Waals surface area contributed by atoms with Gasteiger partial charge in [-0.3, -0.25) is 4.79 Å². The predicted molar refractivity (Wildman–Crippen MR) is 110 cm³/mol. The summed E-state index contributed by atoms with van der Waals surface area (Å²) in [6.45, 7) is 8.22. The van der Waals surface area contributed by atoms with E-state index in [1.54, 1.807) is 12.3 Å². The molecule has 0 saturated carbocycles. The fraction of sp³-hybridized carbons (Fsp3) is 0.227. The van der Waals surface area contributed by atoms with Crippen molar-refractivity contribution in [3.8, 4) is 0 Å². The molecular formula is C22H24N4O. The molecule has 5 heteroatoms. The summed E-state index contributed by atoms with van der Waals surface area (Å²) in [4.78, 5) is 21.4. The molecule has 0 saturated heterocycles. The highest BCUT2D eigenvalue weighted by atomic mass is 16.1. The number of aryl methyl sites for hydroxylation is 2. The molecule has 0 unspecified atom stereocenters. The van der Waals surface area contributed by atoms with E-state index >= 15 is 0 Å². The van der Waals surface area contributed by atoms with Crippen molar-refractivity contribution >= 4 is 23.2 Å². The van der Waals surface area contributed by atoms with Gasteiger partial charge in [0.15, 0.2) is 0 Å². The number of para-hydroxylation sites is 2. The highest BCUT2D eigenvalue weighted by Gasteiger charge is 2.15. The lowest BCUT2D eigenvalue weighted by atomic mass is 9.98. The van der Waals surface area contributed by atoms with Gasteiger partial charge in [0.2, 0.25) is 5.95 Å². The topological polar surface area (TPSA) is 66.9 Å². The molecule has 138 valence electrons. The third-order valence-electron chi connectivity index (χ3n) is 4.45. The molecule has 0 fully saturated rings. The zero-order chi connectivity index (χ0) is 19.4. The zero-order valence-corrected chi connectivity index (χ0v) is 16.1. The summed E-state index contributed by atoms with van der Waals surface area (Å²) in [5.74, 6) is 0.455. The Hall–Kier alpha value is -3.21. The minimum Gasteiger partial charge on any atom is -0.324 e. The lowest BCUT2D eigenvalue weighted by Gasteiger charge is -2.16. The van der Waals surface area contributed by atoms with Gasteiger partial charge in [0.05, 0.1) is 0 Å². The first-order valence-electron chi connectivity index (χ1n) is 9.02. The van der Waals surface area contributed by atoms with Crippen molar-refractivity contribution in [3.05, 3.63) is 77.1 Å². The third-order valence-corrected chi connectivity index (χ3v) is 4.45. The minimum atomic E-state index is -0.249. The van der Waals surface area contributed by atoms with E-state index in [0.29, 0.717) is 17.6 Å². The molecule has 0 aliphatic rings. The zero-order valence-electron chi connectivity index (χ0n) is 16.1. The Morgan fingerprint density at radius 3 is 2.44 bits per heavy atom. The van der Waals surface area contributed by atoms with Gasteiger partial charge in [-0.15, -0.1) is 0 Å². The molecular weight excluding hydrogens is 336 g/mol. The number of carbonyl (C=O) groups is 1. The van der Waals surface area contributed by atoms with Crippen LogP contribution in [0, 0.1) is 13.8 Å². The van der Waals surface area contributed by atoms with Gasteiger partial charge in [-0.1, -0.05) is 50.2 Å². The lowest BCUT2D eigenvalue weighted by molar-refractivity contribution is 0.102. The minimum absolute atomic E-state index is 0.249. The number of anilines is 3. The van der Waals surface area contributed by atoms with Gasteiger partial charge in [0.1, 0.15) is 5.69 Å². The Labute approximate surface area is 159 Å². The number of aromatic nitrogens is 2. The van der Waals surface area contributed by atoms with Crippen LogP contribution in [0.5, 0.6) is 0 Å². The van der Waals surface area contributed by atoms with Gasteiger partial charge < -0.3 is 10.6 Å². The first-order chi connectivity index (χ1) is 13.0. The molecule has 3 aromatic rings. The summed E-state index contributed by atoms with van der Waals surface area (Å²) in [5.41, 5.74) is 5.30. The second-order valence-electron chi connectivity index (χ2n) is 6.85. The quantitative estimate of drug-likeness (QED) is 0.655.